The fourth-order valence-corrected chi connectivity index (χ4v) is 6.68. The molecule has 4 bridgehead atoms. The lowest BCUT2D eigenvalue weighted by Crippen LogP contribution is -2.48. The molecule has 1 heterocycles. The first-order valence-corrected chi connectivity index (χ1v) is 10.1. The summed E-state index contributed by atoms with van der Waals surface area (Å²) in [6, 6.07) is 0. The van der Waals surface area contributed by atoms with Crippen LogP contribution in [0.15, 0.2) is 0 Å². The summed E-state index contributed by atoms with van der Waals surface area (Å²) in [4.78, 5) is 2.42. The van der Waals surface area contributed by atoms with Crippen molar-refractivity contribution >= 4 is 0 Å². The number of rotatable bonds is 6. The van der Waals surface area contributed by atoms with Crippen LogP contribution in [0.1, 0.15) is 58.3 Å². The van der Waals surface area contributed by atoms with Crippen molar-refractivity contribution in [2.75, 3.05) is 32.8 Å². The number of hydrogen-bond donors (Lipinski definition) is 1. The first-order chi connectivity index (χ1) is 11.1. The third-order valence-corrected chi connectivity index (χ3v) is 7.09. The van der Waals surface area contributed by atoms with Gasteiger partial charge < -0.3 is 14.7 Å². The van der Waals surface area contributed by atoms with E-state index in [2.05, 4.69) is 11.8 Å². The number of β-amino-alcohol motifs (C(OH)–C–C–N with tert-alkyl or cyclic N) is 1. The van der Waals surface area contributed by atoms with E-state index in [0.29, 0.717) is 12.0 Å². The van der Waals surface area contributed by atoms with Crippen molar-refractivity contribution in [3.8, 4) is 0 Å². The molecule has 132 valence electrons. The fraction of sp³-hybridized carbons (Fsp3) is 1.00. The summed E-state index contributed by atoms with van der Waals surface area (Å²) in [5, 5.41) is 10.3. The molecular formula is C20H35NO2. The number of hydrogen-bond acceptors (Lipinski definition) is 3. The SMILES string of the molecule is C[C@@H]1CCCN(C[C@H](O)COCC23CC4CC(CC(C4)C2)C3)C1. The highest BCUT2D eigenvalue weighted by Gasteiger charge is 2.50. The van der Waals surface area contributed by atoms with Crippen molar-refractivity contribution in [2.45, 2.75) is 64.4 Å². The van der Waals surface area contributed by atoms with Gasteiger partial charge in [-0.2, -0.15) is 0 Å². The van der Waals surface area contributed by atoms with Gasteiger partial charge in [-0.3, -0.25) is 0 Å². The Hall–Kier alpha value is -0.120. The van der Waals surface area contributed by atoms with Crippen LogP contribution in [0.2, 0.25) is 0 Å². The molecule has 2 atom stereocenters. The van der Waals surface area contributed by atoms with Crippen molar-refractivity contribution in [2.24, 2.45) is 29.1 Å². The molecule has 0 aromatic rings. The van der Waals surface area contributed by atoms with E-state index in [1.54, 1.807) is 0 Å². The molecule has 0 aromatic heterocycles. The van der Waals surface area contributed by atoms with Crippen molar-refractivity contribution in [1.82, 2.24) is 4.90 Å². The van der Waals surface area contributed by atoms with Crippen LogP contribution in [0.4, 0.5) is 0 Å². The van der Waals surface area contributed by atoms with Gasteiger partial charge in [0, 0.05) is 13.1 Å². The second-order valence-electron chi connectivity index (χ2n) is 9.59. The van der Waals surface area contributed by atoms with Crippen LogP contribution in [-0.2, 0) is 4.74 Å². The maximum Gasteiger partial charge on any atom is 0.0900 e. The maximum absolute atomic E-state index is 10.3. The molecular weight excluding hydrogens is 286 g/mol. The Labute approximate surface area is 141 Å². The molecule has 4 aliphatic carbocycles. The third-order valence-electron chi connectivity index (χ3n) is 7.09. The Morgan fingerprint density at radius 2 is 1.78 bits per heavy atom. The first kappa shape index (κ1) is 16.4. The number of aliphatic hydroxyl groups excluding tert-OH is 1. The molecule has 5 aliphatic rings. The van der Waals surface area contributed by atoms with Gasteiger partial charge in [-0.1, -0.05) is 6.92 Å². The largest absolute Gasteiger partial charge is 0.389 e. The second-order valence-corrected chi connectivity index (χ2v) is 9.59. The number of ether oxygens (including phenoxy) is 1. The molecule has 3 heteroatoms. The lowest BCUT2D eigenvalue weighted by Gasteiger charge is -2.56. The average molecular weight is 322 g/mol. The van der Waals surface area contributed by atoms with Crippen LogP contribution in [0.25, 0.3) is 0 Å². The quantitative estimate of drug-likeness (QED) is 0.814. The lowest BCUT2D eigenvalue weighted by atomic mass is 9.50. The molecule has 5 rings (SSSR count). The van der Waals surface area contributed by atoms with Crippen molar-refractivity contribution < 1.29 is 9.84 Å². The zero-order valence-corrected chi connectivity index (χ0v) is 14.9. The van der Waals surface area contributed by atoms with E-state index < -0.39 is 0 Å². The molecule has 0 amide bonds. The van der Waals surface area contributed by atoms with Gasteiger partial charge in [0.05, 0.1) is 19.3 Å². The van der Waals surface area contributed by atoms with E-state index in [0.717, 1.165) is 49.9 Å². The summed E-state index contributed by atoms with van der Waals surface area (Å²) in [5.41, 5.74) is 0.480. The van der Waals surface area contributed by atoms with Crippen LogP contribution in [0.5, 0.6) is 0 Å². The lowest BCUT2D eigenvalue weighted by molar-refractivity contribution is -0.107. The highest BCUT2D eigenvalue weighted by molar-refractivity contribution is 5.01. The summed E-state index contributed by atoms with van der Waals surface area (Å²) < 4.78 is 6.07. The van der Waals surface area contributed by atoms with E-state index in [-0.39, 0.29) is 6.10 Å². The predicted octanol–water partition coefficient (Wildman–Crippen LogP) is 3.31. The molecule has 4 saturated carbocycles. The zero-order chi connectivity index (χ0) is 15.9. The van der Waals surface area contributed by atoms with Gasteiger partial charge in [0.1, 0.15) is 0 Å². The minimum atomic E-state index is -0.311. The molecule has 0 spiro atoms. The normalized spacial score (nSPS) is 44.6. The molecule has 5 fully saturated rings. The van der Waals surface area contributed by atoms with Crippen molar-refractivity contribution in [3.05, 3.63) is 0 Å². The number of piperidine rings is 1. The number of nitrogens with zero attached hydrogens (tertiary/aromatic N) is 1. The summed E-state index contributed by atoms with van der Waals surface area (Å²) >= 11 is 0. The van der Waals surface area contributed by atoms with Gasteiger partial charge in [-0.15, -0.1) is 0 Å². The fourth-order valence-electron chi connectivity index (χ4n) is 6.68. The highest BCUT2D eigenvalue weighted by Crippen LogP contribution is 2.60. The molecule has 1 saturated heterocycles. The molecule has 0 radical (unpaired) electrons. The van der Waals surface area contributed by atoms with E-state index in [4.69, 9.17) is 4.74 Å². The van der Waals surface area contributed by atoms with Crippen molar-refractivity contribution in [1.29, 1.82) is 0 Å². The standard InChI is InChI=1S/C20H35NO2/c1-15-3-2-4-21(11-15)12-19(22)13-23-14-20-8-16-5-17(9-20)7-18(6-16)10-20/h15-19,22H,2-14H2,1H3/t15-,16?,17?,18?,19+,20?/m1/s1. The molecule has 1 aliphatic heterocycles. The van der Waals surface area contributed by atoms with E-state index >= 15 is 0 Å². The van der Waals surface area contributed by atoms with Crippen LogP contribution in [0.3, 0.4) is 0 Å². The van der Waals surface area contributed by atoms with Crippen LogP contribution >= 0.6 is 0 Å². The third kappa shape index (κ3) is 3.77. The number of aliphatic hydroxyl groups is 1. The smallest absolute Gasteiger partial charge is 0.0900 e. The topological polar surface area (TPSA) is 32.7 Å². The van der Waals surface area contributed by atoms with Gasteiger partial charge in [-0.05, 0) is 87.0 Å². The second kappa shape index (κ2) is 6.65. The average Bonchev–Trinajstić information content (AvgIpc) is 2.45. The van der Waals surface area contributed by atoms with Crippen LogP contribution < -0.4 is 0 Å². The zero-order valence-electron chi connectivity index (χ0n) is 14.9. The van der Waals surface area contributed by atoms with Crippen LogP contribution in [-0.4, -0.2) is 49.0 Å². The Balaban J connectivity index is 1.21. The Morgan fingerprint density at radius 1 is 1.13 bits per heavy atom. The molecule has 0 aromatic carbocycles. The van der Waals surface area contributed by atoms with Gasteiger partial charge in [0.25, 0.3) is 0 Å². The molecule has 23 heavy (non-hydrogen) atoms. The van der Waals surface area contributed by atoms with Gasteiger partial charge in [0.2, 0.25) is 0 Å². The summed E-state index contributed by atoms with van der Waals surface area (Å²) in [6.45, 7) is 6.85. The Morgan fingerprint density at radius 3 is 2.39 bits per heavy atom. The summed E-state index contributed by atoms with van der Waals surface area (Å²) in [7, 11) is 0. The van der Waals surface area contributed by atoms with Gasteiger partial charge >= 0.3 is 0 Å². The van der Waals surface area contributed by atoms with Gasteiger partial charge in [0.15, 0.2) is 0 Å². The first-order valence-electron chi connectivity index (χ1n) is 10.1. The summed E-state index contributed by atoms with van der Waals surface area (Å²) in [5.74, 6) is 3.75. The minimum absolute atomic E-state index is 0.311. The minimum Gasteiger partial charge on any atom is -0.389 e. The Kier molecular flexibility index (Phi) is 4.73. The molecule has 1 N–H and O–H groups in total. The molecule has 0 unspecified atom stereocenters. The van der Waals surface area contributed by atoms with Crippen LogP contribution in [0, 0.1) is 29.1 Å². The predicted molar refractivity (Wildman–Crippen MR) is 92.3 cm³/mol. The molecule has 3 nitrogen and oxygen atoms in total. The number of likely N-dealkylation sites (tertiary alicyclic amines) is 1. The maximum atomic E-state index is 10.3. The van der Waals surface area contributed by atoms with Gasteiger partial charge in [-0.25, -0.2) is 0 Å². The Bertz CT molecular complexity index is 375. The van der Waals surface area contributed by atoms with E-state index in [1.807, 2.05) is 0 Å². The van der Waals surface area contributed by atoms with Crippen molar-refractivity contribution in [3.63, 3.8) is 0 Å². The van der Waals surface area contributed by atoms with E-state index in [1.165, 1.54) is 51.4 Å². The summed E-state index contributed by atoms with van der Waals surface area (Å²) in [6.07, 6.45) is 11.0. The van der Waals surface area contributed by atoms with E-state index in [9.17, 15) is 5.11 Å². The highest BCUT2D eigenvalue weighted by atomic mass is 16.5. The monoisotopic (exact) mass is 321 g/mol.